The fraction of sp³-hybridized carbons (Fsp3) is 0.417. The minimum atomic E-state index is -3.63. The number of aryl methyl sites for hydroxylation is 2. The molecule has 0 radical (unpaired) electrons. The molecule has 0 spiro atoms. The van der Waals surface area contributed by atoms with Gasteiger partial charge in [0.05, 0.1) is 10.6 Å². The van der Waals surface area contributed by atoms with Crippen molar-refractivity contribution in [1.29, 1.82) is 0 Å². The molecule has 0 fully saturated rings. The quantitative estimate of drug-likeness (QED) is 0.553. The maximum atomic E-state index is 12.8. The molecule has 154 valence electrons. The van der Waals surface area contributed by atoms with Gasteiger partial charge in [0.25, 0.3) is 10.0 Å². The highest BCUT2D eigenvalue weighted by Crippen LogP contribution is 2.43. The standard InChI is InChI=1S/C24H29NO3S/c1-5-24(3,4)17-11-12-22-19(14-17)20-15-21(16(2)13-23(20)28-22)25-29(26,27)18-9-7-6-8-10-18/h6-10,13,15,17,25H,5,11-12,14H2,1-4H3. The number of rotatable bonds is 5. The van der Waals surface area contributed by atoms with Crippen molar-refractivity contribution >= 4 is 26.7 Å². The molecule has 4 nitrogen and oxygen atoms in total. The zero-order chi connectivity index (χ0) is 20.8. The van der Waals surface area contributed by atoms with Gasteiger partial charge in [-0.05, 0) is 60.9 Å². The Kier molecular flexibility index (Phi) is 4.97. The minimum Gasteiger partial charge on any atom is -0.461 e. The fourth-order valence-electron chi connectivity index (χ4n) is 4.29. The van der Waals surface area contributed by atoms with Crippen LogP contribution in [0.5, 0.6) is 0 Å². The van der Waals surface area contributed by atoms with Crippen LogP contribution >= 0.6 is 0 Å². The smallest absolute Gasteiger partial charge is 0.261 e. The number of anilines is 1. The molecule has 0 aliphatic heterocycles. The van der Waals surface area contributed by atoms with E-state index < -0.39 is 10.0 Å². The first-order valence-electron chi connectivity index (χ1n) is 10.3. The molecule has 0 saturated heterocycles. The second kappa shape index (κ2) is 7.21. The largest absolute Gasteiger partial charge is 0.461 e. The summed E-state index contributed by atoms with van der Waals surface area (Å²) in [6.07, 6.45) is 4.21. The third-order valence-electron chi connectivity index (χ3n) is 6.71. The highest BCUT2D eigenvalue weighted by atomic mass is 32.2. The molecule has 1 atom stereocenters. The van der Waals surface area contributed by atoms with Crippen LogP contribution in [0.4, 0.5) is 5.69 Å². The summed E-state index contributed by atoms with van der Waals surface area (Å²) in [5, 5.41) is 1.04. The number of furan rings is 1. The lowest BCUT2D eigenvalue weighted by Gasteiger charge is -2.36. The molecule has 5 heteroatoms. The van der Waals surface area contributed by atoms with Gasteiger partial charge in [0.15, 0.2) is 0 Å². The Balaban J connectivity index is 1.73. The van der Waals surface area contributed by atoms with Crippen LogP contribution in [0.3, 0.4) is 0 Å². The number of hydrogen-bond donors (Lipinski definition) is 1. The molecule has 1 aliphatic rings. The number of nitrogens with one attached hydrogen (secondary N) is 1. The third kappa shape index (κ3) is 3.68. The van der Waals surface area contributed by atoms with Crippen molar-refractivity contribution in [2.24, 2.45) is 11.3 Å². The van der Waals surface area contributed by atoms with Crippen molar-refractivity contribution in [3.63, 3.8) is 0 Å². The van der Waals surface area contributed by atoms with E-state index >= 15 is 0 Å². The van der Waals surface area contributed by atoms with E-state index in [1.807, 2.05) is 25.1 Å². The van der Waals surface area contributed by atoms with Crippen LogP contribution in [0.15, 0.2) is 51.8 Å². The van der Waals surface area contributed by atoms with Crippen LogP contribution in [0.2, 0.25) is 0 Å². The van der Waals surface area contributed by atoms with Gasteiger partial charge in [0.2, 0.25) is 0 Å². The van der Waals surface area contributed by atoms with Gasteiger partial charge in [0, 0.05) is 17.4 Å². The zero-order valence-electron chi connectivity index (χ0n) is 17.6. The maximum Gasteiger partial charge on any atom is 0.261 e. The molecule has 1 heterocycles. The molecule has 3 aromatic rings. The van der Waals surface area contributed by atoms with Gasteiger partial charge in [-0.1, -0.05) is 45.4 Å². The number of fused-ring (bicyclic) bond motifs is 3. The molecular formula is C24H29NO3S. The van der Waals surface area contributed by atoms with Crippen molar-refractivity contribution in [3.05, 3.63) is 59.4 Å². The Morgan fingerprint density at radius 1 is 1.17 bits per heavy atom. The normalized spacial score (nSPS) is 17.3. The number of hydrogen-bond acceptors (Lipinski definition) is 3. The Hall–Kier alpha value is -2.27. The topological polar surface area (TPSA) is 59.3 Å². The van der Waals surface area contributed by atoms with E-state index in [1.165, 1.54) is 5.56 Å². The van der Waals surface area contributed by atoms with E-state index in [1.54, 1.807) is 24.3 Å². The van der Waals surface area contributed by atoms with Gasteiger partial charge in [-0.25, -0.2) is 8.42 Å². The Labute approximate surface area is 173 Å². The molecule has 1 aromatic heterocycles. The summed E-state index contributed by atoms with van der Waals surface area (Å²) in [5.41, 5.74) is 3.85. The SMILES string of the molecule is CCC(C)(C)C1CCc2oc3cc(C)c(NS(=O)(=O)c4ccccc4)cc3c2C1. The lowest BCUT2D eigenvalue weighted by Crippen LogP contribution is -2.28. The van der Waals surface area contributed by atoms with Crippen molar-refractivity contribution in [2.75, 3.05) is 4.72 Å². The molecule has 0 bridgehead atoms. The summed E-state index contributed by atoms with van der Waals surface area (Å²) in [7, 11) is -3.63. The second-order valence-corrected chi connectivity index (χ2v) is 10.5. The van der Waals surface area contributed by atoms with Gasteiger partial charge in [0.1, 0.15) is 11.3 Å². The monoisotopic (exact) mass is 411 g/mol. The molecule has 29 heavy (non-hydrogen) atoms. The van der Waals surface area contributed by atoms with Crippen molar-refractivity contribution in [1.82, 2.24) is 0 Å². The van der Waals surface area contributed by atoms with E-state index in [0.29, 0.717) is 11.6 Å². The first-order chi connectivity index (χ1) is 13.7. The number of benzene rings is 2. The summed E-state index contributed by atoms with van der Waals surface area (Å²) < 4.78 is 34.5. The van der Waals surface area contributed by atoms with E-state index in [-0.39, 0.29) is 10.3 Å². The summed E-state index contributed by atoms with van der Waals surface area (Å²) in [6.45, 7) is 8.85. The highest BCUT2D eigenvalue weighted by Gasteiger charge is 2.33. The molecule has 1 N–H and O–H groups in total. The van der Waals surface area contributed by atoms with E-state index in [4.69, 9.17) is 4.42 Å². The molecule has 1 unspecified atom stereocenters. The van der Waals surface area contributed by atoms with Crippen LogP contribution in [-0.2, 0) is 22.9 Å². The zero-order valence-corrected chi connectivity index (χ0v) is 18.4. The highest BCUT2D eigenvalue weighted by molar-refractivity contribution is 7.92. The average molecular weight is 412 g/mol. The van der Waals surface area contributed by atoms with Crippen LogP contribution in [0, 0.1) is 18.3 Å². The first-order valence-corrected chi connectivity index (χ1v) is 11.8. The van der Waals surface area contributed by atoms with Gasteiger partial charge < -0.3 is 4.42 Å². The summed E-state index contributed by atoms with van der Waals surface area (Å²) in [6, 6.07) is 12.4. The Morgan fingerprint density at radius 2 is 1.90 bits per heavy atom. The molecule has 0 amide bonds. The van der Waals surface area contributed by atoms with Crippen molar-refractivity contribution < 1.29 is 12.8 Å². The van der Waals surface area contributed by atoms with Gasteiger partial charge in [-0.3, -0.25) is 4.72 Å². The average Bonchev–Trinajstić information content (AvgIpc) is 3.05. The van der Waals surface area contributed by atoms with Crippen molar-refractivity contribution in [3.8, 4) is 0 Å². The number of sulfonamides is 1. The predicted molar refractivity (Wildman–Crippen MR) is 118 cm³/mol. The Morgan fingerprint density at radius 3 is 2.59 bits per heavy atom. The Bertz CT molecular complexity index is 1140. The van der Waals surface area contributed by atoms with Crippen LogP contribution < -0.4 is 4.72 Å². The minimum absolute atomic E-state index is 0.262. The van der Waals surface area contributed by atoms with E-state index in [0.717, 1.165) is 48.0 Å². The molecule has 2 aromatic carbocycles. The van der Waals surface area contributed by atoms with Gasteiger partial charge >= 0.3 is 0 Å². The molecule has 4 rings (SSSR count). The first kappa shape index (κ1) is 20.0. The predicted octanol–water partition coefficient (Wildman–Crippen LogP) is 6.08. The summed E-state index contributed by atoms with van der Waals surface area (Å²) in [4.78, 5) is 0.262. The second-order valence-electron chi connectivity index (χ2n) is 8.87. The van der Waals surface area contributed by atoms with Crippen LogP contribution in [0.1, 0.15) is 50.5 Å². The van der Waals surface area contributed by atoms with E-state index in [2.05, 4.69) is 25.5 Å². The summed E-state index contributed by atoms with van der Waals surface area (Å²) >= 11 is 0. The fourth-order valence-corrected chi connectivity index (χ4v) is 5.44. The van der Waals surface area contributed by atoms with Crippen molar-refractivity contribution in [2.45, 2.75) is 58.3 Å². The summed E-state index contributed by atoms with van der Waals surface area (Å²) in [5.74, 6) is 1.66. The lowest BCUT2D eigenvalue weighted by atomic mass is 9.69. The van der Waals surface area contributed by atoms with Gasteiger partial charge in [-0.2, -0.15) is 0 Å². The van der Waals surface area contributed by atoms with Crippen LogP contribution in [0.25, 0.3) is 11.0 Å². The van der Waals surface area contributed by atoms with Gasteiger partial charge in [-0.15, -0.1) is 0 Å². The van der Waals surface area contributed by atoms with Crippen LogP contribution in [-0.4, -0.2) is 8.42 Å². The maximum absolute atomic E-state index is 12.8. The molecule has 1 aliphatic carbocycles. The molecule has 0 saturated carbocycles. The lowest BCUT2D eigenvalue weighted by molar-refractivity contribution is 0.179. The van der Waals surface area contributed by atoms with E-state index in [9.17, 15) is 8.42 Å². The third-order valence-corrected chi connectivity index (χ3v) is 8.09. The molecular weight excluding hydrogens is 382 g/mol.